The van der Waals surface area contributed by atoms with Crippen LogP contribution < -0.4 is 0 Å². The zero-order valence-corrected chi connectivity index (χ0v) is 8.80. The molecular weight excluding hydrogens is 200 g/mol. The predicted octanol–water partition coefficient (Wildman–Crippen LogP) is 0.908. The molecule has 0 aromatic carbocycles. The summed E-state index contributed by atoms with van der Waals surface area (Å²) < 4.78 is 4.58. The first kappa shape index (κ1) is 11.5. The van der Waals surface area contributed by atoms with E-state index in [9.17, 15) is 14.9 Å². The van der Waals surface area contributed by atoms with Crippen LogP contribution in [0.25, 0.3) is 0 Å². The molecule has 0 radical (unpaired) electrons. The van der Waals surface area contributed by atoms with Gasteiger partial charge in [0.2, 0.25) is 6.54 Å². The maximum Gasteiger partial charge on any atom is 0.409 e. The molecule has 1 aliphatic rings. The highest BCUT2D eigenvalue weighted by atomic mass is 16.6. The van der Waals surface area contributed by atoms with Crippen LogP contribution in [0.4, 0.5) is 4.79 Å². The Morgan fingerprint density at radius 1 is 1.80 bits per heavy atom. The Morgan fingerprint density at radius 3 is 2.93 bits per heavy atom. The zero-order chi connectivity index (χ0) is 11.4. The molecule has 0 bridgehead atoms. The fraction of sp³-hybridized carbons (Fsp3) is 0.667. The molecule has 1 atom stereocenters. The molecule has 84 valence electrons. The van der Waals surface area contributed by atoms with Crippen molar-refractivity contribution in [3.63, 3.8) is 0 Å². The summed E-state index contributed by atoms with van der Waals surface area (Å²) in [5.74, 6) is 0.0169. The van der Waals surface area contributed by atoms with Crippen LogP contribution in [0.2, 0.25) is 0 Å². The molecule has 0 saturated heterocycles. The van der Waals surface area contributed by atoms with Crippen LogP contribution in [0.15, 0.2) is 11.6 Å². The van der Waals surface area contributed by atoms with Gasteiger partial charge in [0, 0.05) is 29.5 Å². The van der Waals surface area contributed by atoms with Crippen LogP contribution in [0, 0.1) is 16.0 Å². The van der Waals surface area contributed by atoms with Crippen molar-refractivity contribution in [1.82, 2.24) is 4.90 Å². The van der Waals surface area contributed by atoms with Gasteiger partial charge in [0.05, 0.1) is 7.11 Å². The first-order chi connectivity index (χ1) is 7.04. The molecule has 0 N–H and O–H groups in total. The Hall–Kier alpha value is -1.59. The fourth-order valence-corrected chi connectivity index (χ4v) is 1.60. The summed E-state index contributed by atoms with van der Waals surface area (Å²) in [6.45, 7) is 2.59. The molecule has 0 aromatic rings. The number of nitro groups is 1. The highest BCUT2D eigenvalue weighted by Crippen LogP contribution is 2.18. The van der Waals surface area contributed by atoms with Gasteiger partial charge in [-0.3, -0.25) is 10.1 Å². The first-order valence-electron chi connectivity index (χ1n) is 4.68. The maximum absolute atomic E-state index is 11.2. The summed E-state index contributed by atoms with van der Waals surface area (Å²) in [6, 6.07) is 0. The molecule has 1 amide bonds. The smallest absolute Gasteiger partial charge is 0.409 e. The summed E-state index contributed by atoms with van der Waals surface area (Å²) in [5.41, 5.74) is 0.778. The lowest BCUT2D eigenvalue weighted by Gasteiger charge is -2.28. The van der Waals surface area contributed by atoms with Crippen molar-refractivity contribution in [3.05, 3.63) is 21.8 Å². The lowest BCUT2D eigenvalue weighted by molar-refractivity contribution is -0.471. The number of rotatable bonds is 2. The van der Waals surface area contributed by atoms with Crippen molar-refractivity contribution >= 4 is 6.09 Å². The Morgan fingerprint density at radius 2 is 2.47 bits per heavy atom. The summed E-state index contributed by atoms with van der Waals surface area (Å²) in [4.78, 5) is 22.7. The van der Waals surface area contributed by atoms with Gasteiger partial charge >= 0.3 is 6.09 Å². The number of amides is 1. The SMILES string of the molecule is COC(=O)N1CC=C(C[N+](=O)[O-])C(C)C1. The normalized spacial score (nSPS) is 20.8. The second kappa shape index (κ2) is 4.77. The van der Waals surface area contributed by atoms with Gasteiger partial charge < -0.3 is 9.64 Å². The third kappa shape index (κ3) is 2.93. The Labute approximate surface area is 87.7 Å². The van der Waals surface area contributed by atoms with Crippen molar-refractivity contribution < 1.29 is 14.5 Å². The Bertz CT molecular complexity index is 300. The maximum atomic E-state index is 11.2. The van der Waals surface area contributed by atoms with E-state index in [-0.39, 0.29) is 17.4 Å². The first-order valence-corrected chi connectivity index (χ1v) is 4.68. The van der Waals surface area contributed by atoms with Crippen molar-refractivity contribution in [2.75, 3.05) is 26.7 Å². The molecule has 6 heteroatoms. The fourth-order valence-electron chi connectivity index (χ4n) is 1.60. The number of nitrogens with zero attached hydrogens (tertiary/aromatic N) is 2. The topological polar surface area (TPSA) is 72.7 Å². The van der Waals surface area contributed by atoms with E-state index in [0.29, 0.717) is 13.1 Å². The zero-order valence-electron chi connectivity index (χ0n) is 8.80. The minimum absolute atomic E-state index is 0.0169. The molecule has 0 saturated carbocycles. The molecule has 6 nitrogen and oxygen atoms in total. The van der Waals surface area contributed by atoms with E-state index in [4.69, 9.17) is 0 Å². The Balaban J connectivity index is 2.63. The number of hydrogen-bond donors (Lipinski definition) is 0. The number of ether oxygens (including phenoxy) is 1. The van der Waals surface area contributed by atoms with Crippen LogP contribution in [0.1, 0.15) is 6.92 Å². The third-order valence-corrected chi connectivity index (χ3v) is 2.45. The van der Waals surface area contributed by atoms with Crippen LogP contribution in [0.5, 0.6) is 0 Å². The largest absolute Gasteiger partial charge is 0.453 e. The van der Waals surface area contributed by atoms with Gasteiger partial charge in [0.15, 0.2) is 0 Å². The minimum Gasteiger partial charge on any atom is -0.453 e. The second-order valence-corrected chi connectivity index (χ2v) is 3.55. The summed E-state index contributed by atoms with van der Waals surface area (Å²) >= 11 is 0. The molecule has 1 unspecified atom stereocenters. The van der Waals surface area contributed by atoms with Crippen molar-refractivity contribution in [3.8, 4) is 0 Å². The standard InChI is InChI=1S/C9H14N2O4/c1-7-5-10(9(12)15-2)4-3-8(7)6-11(13)14/h3,7H,4-6H2,1-2H3. The van der Waals surface area contributed by atoms with Crippen LogP contribution >= 0.6 is 0 Å². The molecule has 1 rings (SSSR count). The summed E-state index contributed by atoms with van der Waals surface area (Å²) in [5, 5.41) is 10.3. The van der Waals surface area contributed by atoms with E-state index in [2.05, 4.69) is 4.74 Å². The summed E-state index contributed by atoms with van der Waals surface area (Å²) in [7, 11) is 1.32. The van der Waals surface area contributed by atoms with Gasteiger partial charge in [-0.25, -0.2) is 4.79 Å². The molecule has 0 aliphatic carbocycles. The van der Waals surface area contributed by atoms with Crippen LogP contribution in [0.3, 0.4) is 0 Å². The number of methoxy groups -OCH3 is 1. The highest BCUT2D eigenvalue weighted by Gasteiger charge is 2.25. The minimum atomic E-state index is -0.391. The molecule has 1 heterocycles. The molecule has 0 spiro atoms. The van der Waals surface area contributed by atoms with E-state index >= 15 is 0 Å². The third-order valence-electron chi connectivity index (χ3n) is 2.45. The van der Waals surface area contributed by atoms with E-state index < -0.39 is 6.09 Å². The average Bonchev–Trinajstić information content (AvgIpc) is 2.19. The number of carbonyl (C=O) groups is 1. The van der Waals surface area contributed by atoms with Gasteiger partial charge in [0.1, 0.15) is 0 Å². The van der Waals surface area contributed by atoms with Crippen molar-refractivity contribution in [2.24, 2.45) is 5.92 Å². The van der Waals surface area contributed by atoms with Gasteiger partial charge in [-0.1, -0.05) is 13.0 Å². The quantitative estimate of drug-likeness (QED) is 0.389. The lowest BCUT2D eigenvalue weighted by atomic mass is 9.97. The highest BCUT2D eigenvalue weighted by molar-refractivity contribution is 5.68. The van der Waals surface area contributed by atoms with Gasteiger partial charge in [-0.15, -0.1) is 0 Å². The Kier molecular flexibility index (Phi) is 3.65. The van der Waals surface area contributed by atoms with E-state index in [1.54, 1.807) is 6.08 Å². The van der Waals surface area contributed by atoms with Gasteiger partial charge in [-0.2, -0.15) is 0 Å². The van der Waals surface area contributed by atoms with Gasteiger partial charge in [-0.05, 0) is 0 Å². The number of hydrogen-bond acceptors (Lipinski definition) is 4. The van der Waals surface area contributed by atoms with E-state index in [1.165, 1.54) is 12.0 Å². The van der Waals surface area contributed by atoms with Crippen LogP contribution in [-0.4, -0.2) is 42.7 Å². The molecule has 0 aromatic heterocycles. The van der Waals surface area contributed by atoms with Crippen molar-refractivity contribution in [1.29, 1.82) is 0 Å². The van der Waals surface area contributed by atoms with E-state index in [0.717, 1.165) is 5.57 Å². The van der Waals surface area contributed by atoms with Crippen LogP contribution in [-0.2, 0) is 4.74 Å². The molecule has 1 aliphatic heterocycles. The lowest BCUT2D eigenvalue weighted by Crippen LogP contribution is -2.39. The monoisotopic (exact) mass is 214 g/mol. The van der Waals surface area contributed by atoms with Crippen molar-refractivity contribution in [2.45, 2.75) is 6.92 Å². The second-order valence-electron chi connectivity index (χ2n) is 3.55. The van der Waals surface area contributed by atoms with E-state index in [1.807, 2.05) is 6.92 Å². The number of carbonyl (C=O) groups excluding carboxylic acids is 1. The predicted molar refractivity (Wildman–Crippen MR) is 53.1 cm³/mol. The molecule has 0 fully saturated rings. The van der Waals surface area contributed by atoms with Gasteiger partial charge in [0.25, 0.3) is 0 Å². The molecule has 15 heavy (non-hydrogen) atoms. The summed E-state index contributed by atoms with van der Waals surface area (Å²) in [6.07, 6.45) is 1.34. The molecular formula is C9H14N2O4. The average molecular weight is 214 g/mol.